The molecule has 2 rings (SSSR count). The van der Waals surface area contributed by atoms with E-state index in [1.54, 1.807) is 0 Å². The van der Waals surface area contributed by atoms with Crippen molar-refractivity contribution < 1.29 is 0 Å². The molecule has 1 heterocycles. The van der Waals surface area contributed by atoms with Gasteiger partial charge in [0.1, 0.15) is 0 Å². The van der Waals surface area contributed by atoms with Crippen LogP contribution >= 0.6 is 0 Å². The smallest absolute Gasteiger partial charge is 0.0396 e. The molecule has 1 aliphatic rings. The number of nitrogens with two attached hydrogens (primary N) is 1. The molecule has 1 saturated heterocycles. The number of aryl methyl sites for hydroxylation is 1. The highest BCUT2D eigenvalue weighted by Crippen LogP contribution is 2.28. The molecule has 20 heavy (non-hydrogen) atoms. The van der Waals surface area contributed by atoms with Gasteiger partial charge in [0.2, 0.25) is 0 Å². The van der Waals surface area contributed by atoms with E-state index in [0.717, 1.165) is 18.8 Å². The number of nitrogens with zero attached hydrogens (tertiary/aromatic N) is 1. The van der Waals surface area contributed by atoms with Crippen LogP contribution in [0, 0.1) is 12.8 Å². The molecule has 2 atom stereocenters. The highest BCUT2D eigenvalue weighted by molar-refractivity contribution is 5.55. The quantitative estimate of drug-likeness (QED) is 0.882. The summed E-state index contributed by atoms with van der Waals surface area (Å²) in [6.45, 7) is 9.16. The Morgan fingerprint density at radius 2 is 2.15 bits per heavy atom. The molecule has 1 aliphatic heterocycles. The van der Waals surface area contributed by atoms with Crippen LogP contribution in [0.5, 0.6) is 0 Å². The van der Waals surface area contributed by atoms with E-state index >= 15 is 0 Å². The summed E-state index contributed by atoms with van der Waals surface area (Å²) in [5.74, 6) is 0.872. The Bertz CT molecular complexity index is 427. The summed E-state index contributed by atoms with van der Waals surface area (Å²) in [5.41, 5.74) is 10.3. The molecule has 0 aliphatic carbocycles. The Hall–Kier alpha value is -1.02. The summed E-state index contributed by atoms with van der Waals surface area (Å²) >= 11 is 0. The number of anilines is 1. The first-order valence-corrected chi connectivity index (χ1v) is 8.24. The van der Waals surface area contributed by atoms with E-state index in [-0.39, 0.29) is 0 Å². The van der Waals surface area contributed by atoms with Crippen LogP contribution in [-0.4, -0.2) is 19.1 Å². The molecule has 1 aromatic rings. The van der Waals surface area contributed by atoms with Gasteiger partial charge in [-0.15, -0.1) is 0 Å². The number of rotatable bonds is 5. The van der Waals surface area contributed by atoms with Crippen molar-refractivity contribution in [3.8, 4) is 0 Å². The van der Waals surface area contributed by atoms with Gasteiger partial charge in [0.25, 0.3) is 0 Å². The van der Waals surface area contributed by atoms with E-state index in [9.17, 15) is 0 Å². The molecule has 1 fully saturated rings. The average molecular weight is 274 g/mol. The fourth-order valence-electron chi connectivity index (χ4n) is 3.26. The first-order chi connectivity index (χ1) is 9.63. The van der Waals surface area contributed by atoms with Gasteiger partial charge in [0, 0.05) is 24.8 Å². The lowest BCUT2D eigenvalue weighted by Gasteiger charge is -2.35. The maximum atomic E-state index is 6.06. The zero-order valence-electron chi connectivity index (χ0n) is 13.4. The predicted octanol–water partition coefficient (Wildman–Crippen LogP) is 3.90. The first-order valence-electron chi connectivity index (χ1n) is 8.24. The van der Waals surface area contributed by atoms with E-state index in [0.29, 0.717) is 6.04 Å². The van der Waals surface area contributed by atoms with Crippen molar-refractivity contribution >= 4 is 5.69 Å². The zero-order chi connectivity index (χ0) is 14.5. The van der Waals surface area contributed by atoms with E-state index in [2.05, 4.69) is 43.9 Å². The maximum absolute atomic E-state index is 6.06. The van der Waals surface area contributed by atoms with Gasteiger partial charge in [-0.1, -0.05) is 32.4 Å². The van der Waals surface area contributed by atoms with Gasteiger partial charge in [-0.05, 0) is 55.7 Å². The third kappa shape index (κ3) is 3.76. The summed E-state index contributed by atoms with van der Waals surface area (Å²) in [6.07, 6.45) is 6.08. The average Bonchev–Trinajstić information content (AvgIpc) is 2.47. The molecule has 0 radical (unpaired) electrons. The lowest BCUT2D eigenvalue weighted by Crippen LogP contribution is -2.35. The van der Waals surface area contributed by atoms with E-state index < -0.39 is 0 Å². The molecule has 0 spiro atoms. The molecule has 0 amide bonds. The minimum atomic E-state index is 0.291. The number of hydrogen-bond acceptors (Lipinski definition) is 2. The standard InChI is InChI=1S/C18H30N2/c1-4-15-7-6-10-20(13-15)18-9-8-16(11-14(18)3)12-17(19)5-2/h8-9,11,15,17H,4-7,10,12-13,19H2,1-3H3. The van der Waals surface area contributed by atoms with E-state index in [4.69, 9.17) is 5.73 Å². The zero-order valence-corrected chi connectivity index (χ0v) is 13.4. The minimum absolute atomic E-state index is 0.291. The topological polar surface area (TPSA) is 29.3 Å². The van der Waals surface area contributed by atoms with Crippen LogP contribution < -0.4 is 10.6 Å². The van der Waals surface area contributed by atoms with Crippen molar-refractivity contribution in [2.45, 2.75) is 58.9 Å². The third-order valence-electron chi connectivity index (χ3n) is 4.72. The van der Waals surface area contributed by atoms with Crippen molar-refractivity contribution in [2.75, 3.05) is 18.0 Å². The van der Waals surface area contributed by atoms with Gasteiger partial charge < -0.3 is 10.6 Å². The van der Waals surface area contributed by atoms with Gasteiger partial charge >= 0.3 is 0 Å². The summed E-state index contributed by atoms with van der Waals surface area (Å²) < 4.78 is 0. The lowest BCUT2D eigenvalue weighted by atomic mass is 9.94. The van der Waals surface area contributed by atoms with Crippen LogP contribution in [0.25, 0.3) is 0 Å². The second-order valence-corrected chi connectivity index (χ2v) is 6.36. The fourth-order valence-corrected chi connectivity index (χ4v) is 3.26. The number of benzene rings is 1. The molecule has 2 unspecified atom stereocenters. The fraction of sp³-hybridized carbons (Fsp3) is 0.667. The summed E-state index contributed by atoms with van der Waals surface area (Å²) in [6, 6.07) is 7.21. The maximum Gasteiger partial charge on any atom is 0.0396 e. The SMILES string of the molecule is CCC(N)Cc1ccc(N2CCCC(CC)C2)c(C)c1. The minimum Gasteiger partial charge on any atom is -0.371 e. The summed E-state index contributed by atoms with van der Waals surface area (Å²) in [4.78, 5) is 2.58. The molecular weight excluding hydrogens is 244 g/mol. The molecule has 0 aromatic heterocycles. The highest BCUT2D eigenvalue weighted by atomic mass is 15.1. The molecule has 0 bridgehead atoms. The summed E-state index contributed by atoms with van der Waals surface area (Å²) in [7, 11) is 0. The van der Waals surface area contributed by atoms with Gasteiger partial charge in [-0.2, -0.15) is 0 Å². The normalized spacial score (nSPS) is 21.0. The summed E-state index contributed by atoms with van der Waals surface area (Å²) in [5, 5.41) is 0. The molecule has 2 N–H and O–H groups in total. The van der Waals surface area contributed by atoms with Crippen molar-refractivity contribution in [3.05, 3.63) is 29.3 Å². The van der Waals surface area contributed by atoms with Gasteiger partial charge in [0.05, 0.1) is 0 Å². The molecule has 1 aromatic carbocycles. The lowest BCUT2D eigenvalue weighted by molar-refractivity contribution is 0.404. The molecule has 112 valence electrons. The van der Waals surface area contributed by atoms with Crippen LogP contribution in [-0.2, 0) is 6.42 Å². The Balaban J connectivity index is 2.09. The number of hydrogen-bond donors (Lipinski definition) is 1. The van der Waals surface area contributed by atoms with E-state index in [1.165, 1.54) is 49.2 Å². The molecule has 2 heteroatoms. The highest BCUT2D eigenvalue weighted by Gasteiger charge is 2.19. The Labute approximate surface area is 124 Å². The molecular formula is C18H30N2. The second-order valence-electron chi connectivity index (χ2n) is 6.36. The van der Waals surface area contributed by atoms with Crippen LogP contribution in [0.15, 0.2) is 18.2 Å². The first kappa shape index (κ1) is 15.4. The third-order valence-corrected chi connectivity index (χ3v) is 4.72. The van der Waals surface area contributed by atoms with Crippen LogP contribution in [0.2, 0.25) is 0 Å². The largest absolute Gasteiger partial charge is 0.371 e. The monoisotopic (exact) mass is 274 g/mol. The molecule has 0 saturated carbocycles. The Kier molecular flexibility index (Phi) is 5.47. The van der Waals surface area contributed by atoms with Gasteiger partial charge in [-0.3, -0.25) is 0 Å². The van der Waals surface area contributed by atoms with Crippen LogP contribution in [0.4, 0.5) is 5.69 Å². The van der Waals surface area contributed by atoms with E-state index in [1.807, 2.05) is 0 Å². The van der Waals surface area contributed by atoms with Gasteiger partial charge in [0.15, 0.2) is 0 Å². The van der Waals surface area contributed by atoms with Crippen molar-refractivity contribution in [2.24, 2.45) is 11.7 Å². The van der Waals surface area contributed by atoms with Crippen molar-refractivity contribution in [3.63, 3.8) is 0 Å². The van der Waals surface area contributed by atoms with Crippen molar-refractivity contribution in [1.29, 1.82) is 0 Å². The Morgan fingerprint density at radius 1 is 1.35 bits per heavy atom. The molecule has 2 nitrogen and oxygen atoms in total. The van der Waals surface area contributed by atoms with Gasteiger partial charge in [-0.25, -0.2) is 0 Å². The number of piperidine rings is 1. The van der Waals surface area contributed by atoms with Crippen LogP contribution in [0.1, 0.15) is 50.7 Å². The van der Waals surface area contributed by atoms with Crippen LogP contribution in [0.3, 0.4) is 0 Å². The second kappa shape index (κ2) is 7.12. The Morgan fingerprint density at radius 3 is 2.80 bits per heavy atom. The predicted molar refractivity (Wildman–Crippen MR) is 88.4 cm³/mol. The van der Waals surface area contributed by atoms with Crippen molar-refractivity contribution in [1.82, 2.24) is 0 Å².